The predicted molar refractivity (Wildman–Crippen MR) is 130 cm³/mol. The fourth-order valence-electron chi connectivity index (χ4n) is 3.53. The van der Waals surface area contributed by atoms with Gasteiger partial charge >= 0.3 is 0 Å². The van der Waals surface area contributed by atoms with Crippen LogP contribution in [0.25, 0.3) is 11.0 Å². The van der Waals surface area contributed by atoms with Crippen molar-refractivity contribution < 1.29 is 22.4 Å². The average molecular weight is 508 g/mol. The largest absolute Gasteiger partial charge is 0.496 e. The Labute approximate surface area is 203 Å². The second-order valence-corrected chi connectivity index (χ2v) is 9.05. The monoisotopic (exact) mass is 507 g/mol. The van der Waals surface area contributed by atoms with Crippen LogP contribution in [0, 0.1) is 0 Å². The summed E-state index contributed by atoms with van der Waals surface area (Å²) in [6, 6.07) is 8.60. The van der Waals surface area contributed by atoms with Crippen LogP contribution in [0.4, 0.5) is 5.82 Å². The molecule has 2 aromatic carbocycles. The zero-order chi connectivity index (χ0) is 23.6. The molecule has 12 heteroatoms. The first-order valence-electron chi connectivity index (χ1n) is 10.3. The molecule has 3 N–H and O–H groups in total. The van der Waals surface area contributed by atoms with Gasteiger partial charge < -0.3 is 19.7 Å². The number of methoxy groups -OCH3 is 2. The van der Waals surface area contributed by atoms with Crippen LogP contribution in [0.15, 0.2) is 52.1 Å². The fraction of sp³-hybridized carbons (Fsp3) is 0.273. The van der Waals surface area contributed by atoms with E-state index in [1.165, 1.54) is 14.2 Å². The molecular formula is C22H26ClN5O5S. The fourth-order valence-corrected chi connectivity index (χ4v) is 4.76. The van der Waals surface area contributed by atoms with Gasteiger partial charge in [-0.05, 0) is 41.8 Å². The Morgan fingerprint density at radius 3 is 2.50 bits per heavy atom. The lowest BCUT2D eigenvalue weighted by Gasteiger charge is -2.12. The van der Waals surface area contributed by atoms with Crippen molar-refractivity contribution >= 4 is 39.2 Å². The Balaban J connectivity index is 0.00000324. The number of aryl methyl sites for hydroxylation is 1. The van der Waals surface area contributed by atoms with E-state index in [9.17, 15) is 8.42 Å². The lowest BCUT2D eigenvalue weighted by molar-refractivity contribution is 0.402. The Hall–Kier alpha value is -3.28. The Morgan fingerprint density at radius 1 is 1.09 bits per heavy atom. The number of hydrogen-bond acceptors (Lipinski definition) is 8. The van der Waals surface area contributed by atoms with Crippen LogP contribution < -0.4 is 19.9 Å². The highest BCUT2D eigenvalue weighted by Gasteiger charge is 2.25. The first-order valence-corrected chi connectivity index (χ1v) is 11.7. The highest BCUT2D eigenvalue weighted by molar-refractivity contribution is 7.92. The van der Waals surface area contributed by atoms with E-state index in [2.05, 4.69) is 15.0 Å². The molecule has 4 rings (SSSR count). The second kappa shape index (κ2) is 10.3. The SMILES string of the molecule is CCc1ccc(OC)c(S(=O)(=O)Nc2noc3cc(Cn4cc(CN)cn4)cc(OC)c23)c1.Cl. The Morgan fingerprint density at radius 2 is 1.85 bits per heavy atom. The highest BCUT2D eigenvalue weighted by Crippen LogP contribution is 2.36. The van der Waals surface area contributed by atoms with Crippen molar-refractivity contribution in [3.8, 4) is 11.5 Å². The summed E-state index contributed by atoms with van der Waals surface area (Å²) in [5.41, 5.74) is 8.64. The van der Waals surface area contributed by atoms with E-state index in [4.69, 9.17) is 19.7 Å². The number of nitrogens with one attached hydrogen (secondary N) is 1. The molecule has 0 bridgehead atoms. The number of anilines is 1. The minimum absolute atomic E-state index is 0. The number of fused-ring (bicyclic) bond motifs is 1. The minimum atomic E-state index is -4.01. The topological polar surface area (TPSA) is 134 Å². The van der Waals surface area contributed by atoms with Gasteiger partial charge in [0.15, 0.2) is 11.4 Å². The van der Waals surface area contributed by atoms with Crippen LogP contribution in [0.2, 0.25) is 0 Å². The number of rotatable bonds is 9. The maximum atomic E-state index is 13.2. The zero-order valence-corrected chi connectivity index (χ0v) is 20.6. The molecular weight excluding hydrogens is 482 g/mol. The molecule has 0 spiro atoms. The van der Waals surface area contributed by atoms with Crippen molar-refractivity contribution in [3.05, 3.63) is 59.4 Å². The molecule has 0 saturated heterocycles. The zero-order valence-electron chi connectivity index (χ0n) is 18.9. The van der Waals surface area contributed by atoms with E-state index < -0.39 is 10.0 Å². The van der Waals surface area contributed by atoms with Gasteiger partial charge in [-0.3, -0.25) is 9.40 Å². The maximum absolute atomic E-state index is 13.2. The molecule has 0 atom stereocenters. The summed E-state index contributed by atoms with van der Waals surface area (Å²) < 4.78 is 46.9. The third kappa shape index (κ3) is 4.96. The summed E-state index contributed by atoms with van der Waals surface area (Å²) in [5, 5.41) is 8.65. The van der Waals surface area contributed by atoms with Crippen molar-refractivity contribution in [1.82, 2.24) is 14.9 Å². The van der Waals surface area contributed by atoms with Gasteiger partial charge in [0.05, 0.1) is 27.0 Å². The van der Waals surface area contributed by atoms with Gasteiger partial charge in [-0.2, -0.15) is 5.10 Å². The Kier molecular flexibility index (Phi) is 7.70. The maximum Gasteiger partial charge on any atom is 0.266 e. The Bertz CT molecular complexity index is 1400. The van der Waals surface area contributed by atoms with Crippen LogP contribution >= 0.6 is 12.4 Å². The standard InChI is InChI=1S/C22H25N5O5S.ClH/c1-4-14-5-6-17(30-2)20(9-14)33(28,29)26-22-21-18(31-3)7-15(8-19(21)32-25-22)12-27-13-16(10-23)11-24-27;/h5-9,11,13H,4,10,12,23H2,1-3H3,(H,25,26);1H. The summed E-state index contributed by atoms with van der Waals surface area (Å²) in [7, 11) is -1.09. The van der Waals surface area contributed by atoms with Crippen LogP contribution in [0.5, 0.6) is 11.5 Å². The molecule has 0 saturated carbocycles. The molecule has 2 heterocycles. The quantitative estimate of drug-likeness (QED) is 0.352. The molecule has 34 heavy (non-hydrogen) atoms. The van der Waals surface area contributed by atoms with Gasteiger partial charge in [0.1, 0.15) is 21.8 Å². The number of benzene rings is 2. The van der Waals surface area contributed by atoms with Crippen LogP contribution in [0.1, 0.15) is 23.6 Å². The van der Waals surface area contributed by atoms with Gasteiger partial charge in [0, 0.05) is 18.3 Å². The van der Waals surface area contributed by atoms with Crippen molar-refractivity contribution in [2.75, 3.05) is 18.9 Å². The van der Waals surface area contributed by atoms with E-state index in [0.29, 0.717) is 36.2 Å². The molecule has 2 aromatic heterocycles. The van der Waals surface area contributed by atoms with Crippen LogP contribution in [-0.4, -0.2) is 37.6 Å². The first-order chi connectivity index (χ1) is 15.9. The summed E-state index contributed by atoms with van der Waals surface area (Å²) in [6.07, 6.45) is 4.24. The third-order valence-corrected chi connectivity index (χ3v) is 6.60. The lowest BCUT2D eigenvalue weighted by Crippen LogP contribution is -2.15. The predicted octanol–water partition coefficient (Wildman–Crippen LogP) is 3.33. The van der Waals surface area contributed by atoms with E-state index in [0.717, 1.165) is 16.7 Å². The molecule has 0 aliphatic heterocycles. The van der Waals surface area contributed by atoms with Gasteiger partial charge in [-0.1, -0.05) is 18.1 Å². The van der Waals surface area contributed by atoms with Crippen molar-refractivity contribution in [2.45, 2.75) is 31.3 Å². The van der Waals surface area contributed by atoms with Gasteiger partial charge in [0.25, 0.3) is 10.0 Å². The number of ether oxygens (including phenoxy) is 2. The molecule has 0 aliphatic rings. The van der Waals surface area contributed by atoms with Crippen molar-refractivity contribution in [1.29, 1.82) is 0 Å². The first kappa shape index (κ1) is 25.3. The number of nitrogens with two attached hydrogens (primary N) is 1. The number of hydrogen-bond donors (Lipinski definition) is 2. The summed E-state index contributed by atoms with van der Waals surface area (Å²) in [5.74, 6) is 0.682. The molecule has 0 amide bonds. The van der Waals surface area contributed by atoms with Crippen molar-refractivity contribution in [2.24, 2.45) is 5.73 Å². The highest BCUT2D eigenvalue weighted by atomic mass is 35.5. The minimum Gasteiger partial charge on any atom is -0.496 e. The molecule has 0 aliphatic carbocycles. The second-order valence-electron chi connectivity index (χ2n) is 7.40. The molecule has 4 aromatic rings. The van der Waals surface area contributed by atoms with Gasteiger partial charge in [0.2, 0.25) is 0 Å². The van der Waals surface area contributed by atoms with Gasteiger partial charge in [-0.25, -0.2) is 8.42 Å². The summed E-state index contributed by atoms with van der Waals surface area (Å²) in [4.78, 5) is 0.0190. The average Bonchev–Trinajstić information content (AvgIpc) is 3.44. The number of halogens is 1. The van der Waals surface area contributed by atoms with Crippen LogP contribution in [0.3, 0.4) is 0 Å². The molecule has 0 unspecified atom stereocenters. The van der Waals surface area contributed by atoms with E-state index >= 15 is 0 Å². The van der Waals surface area contributed by atoms with Crippen LogP contribution in [-0.2, 0) is 29.5 Å². The smallest absolute Gasteiger partial charge is 0.266 e. The number of nitrogens with zero attached hydrogens (tertiary/aromatic N) is 3. The molecule has 182 valence electrons. The van der Waals surface area contributed by atoms with E-state index in [-0.39, 0.29) is 28.9 Å². The summed E-state index contributed by atoms with van der Waals surface area (Å²) in [6.45, 7) is 2.80. The van der Waals surface area contributed by atoms with E-state index in [1.54, 1.807) is 35.1 Å². The van der Waals surface area contributed by atoms with Crippen molar-refractivity contribution in [3.63, 3.8) is 0 Å². The normalized spacial score (nSPS) is 11.3. The third-order valence-electron chi connectivity index (χ3n) is 5.24. The number of aromatic nitrogens is 3. The lowest BCUT2D eigenvalue weighted by atomic mass is 10.1. The summed E-state index contributed by atoms with van der Waals surface area (Å²) >= 11 is 0. The number of sulfonamides is 1. The van der Waals surface area contributed by atoms with E-state index in [1.807, 2.05) is 19.2 Å². The van der Waals surface area contributed by atoms with Gasteiger partial charge in [-0.15, -0.1) is 12.4 Å². The molecule has 0 radical (unpaired) electrons. The molecule has 0 fully saturated rings. The molecule has 10 nitrogen and oxygen atoms in total.